The average Bonchev–Trinajstić information content (AvgIpc) is 2.56. The van der Waals surface area contributed by atoms with Gasteiger partial charge in [0.1, 0.15) is 0 Å². The van der Waals surface area contributed by atoms with Gasteiger partial charge in [0.2, 0.25) is 0 Å². The number of hydrogen-bond acceptors (Lipinski definition) is 2. The predicted octanol–water partition coefficient (Wildman–Crippen LogP) is 4.33. The summed E-state index contributed by atoms with van der Waals surface area (Å²) in [7, 11) is 0. The second-order valence-electron chi connectivity index (χ2n) is 5.18. The summed E-state index contributed by atoms with van der Waals surface area (Å²) in [5.41, 5.74) is 3.66. The van der Waals surface area contributed by atoms with Gasteiger partial charge in [0.25, 0.3) is 0 Å². The third-order valence-corrected chi connectivity index (χ3v) is 3.93. The van der Waals surface area contributed by atoms with Gasteiger partial charge in [-0.3, -0.25) is 9.79 Å². The van der Waals surface area contributed by atoms with Crippen molar-refractivity contribution in [1.29, 1.82) is 0 Å². The topological polar surface area (TPSA) is 29.4 Å². The van der Waals surface area contributed by atoms with E-state index in [1.807, 2.05) is 66.9 Å². The van der Waals surface area contributed by atoms with E-state index in [2.05, 4.69) is 4.99 Å². The molecule has 1 heterocycles. The quantitative estimate of drug-likeness (QED) is 0.638. The molecule has 0 aromatic heterocycles. The van der Waals surface area contributed by atoms with Crippen molar-refractivity contribution in [3.8, 4) is 0 Å². The lowest BCUT2D eigenvalue weighted by atomic mass is 9.92. The summed E-state index contributed by atoms with van der Waals surface area (Å²) in [5, 5.41) is 2.11. The Labute approximate surface area is 122 Å². The average molecular weight is 271 g/mol. The highest BCUT2D eigenvalue weighted by atomic mass is 16.1. The second kappa shape index (κ2) is 4.67. The van der Waals surface area contributed by atoms with Crippen LogP contribution in [-0.4, -0.2) is 12.0 Å². The molecule has 1 aliphatic rings. The highest BCUT2D eigenvalue weighted by molar-refractivity contribution is 6.18. The van der Waals surface area contributed by atoms with Crippen molar-refractivity contribution in [3.05, 3.63) is 77.4 Å². The van der Waals surface area contributed by atoms with E-state index in [1.54, 1.807) is 0 Å². The summed E-state index contributed by atoms with van der Waals surface area (Å²) in [6.07, 6.45) is 2.75. The van der Waals surface area contributed by atoms with Crippen LogP contribution in [0.1, 0.15) is 21.5 Å². The lowest BCUT2D eigenvalue weighted by Gasteiger charge is -2.14. The van der Waals surface area contributed by atoms with Gasteiger partial charge in [-0.1, -0.05) is 54.6 Å². The Kier molecular flexibility index (Phi) is 2.68. The van der Waals surface area contributed by atoms with Crippen LogP contribution < -0.4 is 0 Å². The van der Waals surface area contributed by atoms with Gasteiger partial charge in [0, 0.05) is 29.1 Å². The van der Waals surface area contributed by atoms with Crippen molar-refractivity contribution in [2.45, 2.75) is 6.42 Å². The number of carbonyl (C=O) groups excluding carboxylic acids is 1. The standard InChI is InChI=1S/C19H13NO/c21-19(14-5-2-1-3-6-14)16-10-9-13-11-12-20-17-8-4-7-15(16)18(13)17/h1-10,12H,11H2. The molecule has 0 amide bonds. The zero-order chi connectivity index (χ0) is 14.2. The van der Waals surface area contributed by atoms with Gasteiger partial charge in [-0.15, -0.1) is 0 Å². The van der Waals surface area contributed by atoms with Gasteiger partial charge in [0.05, 0.1) is 5.69 Å². The molecule has 0 unspecified atom stereocenters. The smallest absolute Gasteiger partial charge is 0.193 e. The molecular formula is C19H13NO. The van der Waals surface area contributed by atoms with Crippen LogP contribution in [-0.2, 0) is 6.42 Å². The molecular weight excluding hydrogens is 258 g/mol. The van der Waals surface area contributed by atoms with Crippen molar-refractivity contribution in [3.63, 3.8) is 0 Å². The Balaban J connectivity index is 1.98. The summed E-state index contributed by atoms with van der Waals surface area (Å²) in [6.45, 7) is 0. The first-order valence-electron chi connectivity index (χ1n) is 7.01. The Morgan fingerprint density at radius 1 is 0.905 bits per heavy atom. The molecule has 3 aromatic carbocycles. The van der Waals surface area contributed by atoms with Gasteiger partial charge in [-0.05, 0) is 17.0 Å². The minimum atomic E-state index is 0.0638. The van der Waals surface area contributed by atoms with Crippen molar-refractivity contribution in [1.82, 2.24) is 0 Å². The summed E-state index contributed by atoms with van der Waals surface area (Å²) in [4.78, 5) is 17.2. The van der Waals surface area contributed by atoms with E-state index < -0.39 is 0 Å². The minimum absolute atomic E-state index is 0.0638. The number of carbonyl (C=O) groups is 1. The molecule has 0 aliphatic carbocycles. The summed E-state index contributed by atoms with van der Waals surface area (Å²) < 4.78 is 0. The van der Waals surface area contributed by atoms with E-state index in [0.717, 1.165) is 34.0 Å². The number of benzene rings is 3. The Morgan fingerprint density at radius 2 is 1.76 bits per heavy atom. The largest absolute Gasteiger partial charge is 0.289 e. The van der Waals surface area contributed by atoms with Crippen molar-refractivity contribution in [2.75, 3.05) is 0 Å². The molecule has 4 rings (SSSR count). The first-order valence-corrected chi connectivity index (χ1v) is 7.01. The highest BCUT2D eigenvalue weighted by Crippen LogP contribution is 2.34. The highest BCUT2D eigenvalue weighted by Gasteiger charge is 2.17. The molecule has 100 valence electrons. The van der Waals surface area contributed by atoms with Crippen LogP contribution in [0, 0.1) is 0 Å². The van der Waals surface area contributed by atoms with Crippen molar-refractivity contribution in [2.24, 2.45) is 4.99 Å². The number of nitrogens with zero attached hydrogens (tertiary/aromatic N) is 1. The molecule has 0 atom stereocenters. The Hall–Kier alpha value is -2.74. The van der Waals surface area contributed by atoms with E-state index >= 15 is 0 Å². The molecule has 3 aromatic rings. The molecule has 0 spiro atoms. The van der Waals surface area contributed by atoms with Crippen LogP contribution in [0.4, 0.5) is 5.69 Å². The van der Waals surface area contributed by atoms with Crippen molar-refractivity contribution < 1.29 is 4.79 Å². The number of aliphatic imine (C=N–C) groups is 1. The van der Waals surface area contributed by atoms with E-state index in [9.17, 15) is 4.79 Å². The van der Waals surface area contributed by atoms with Crippen molar-refractivity contribution >= 4 is 28.5 Å². The second-order valence-corrected chi connectivity index (χ2v) is 5.18. The van der Waals surface area contributed by atoms with Gasteiger partial charge in [-0.25, -0.2) is 0 Å². The number of rotatable bonds is 2. The summed E-state index contributed by atoms with van der Waals surface area (Å²) >= 11 is 0. The monoisotopic (exact) mass is 271 g/mol. The fourth-order valence-electron chi connectivity index (χ4n) is 2.92. The maximum Gasteiger partial charge on any atom is 0.193 e. The fraction of sp³-hybridized carbons (Fsp3) is 0.0526. The first-order chi connectivity index (χ1) is 10.3. The number of hydrogen-bond donors (Lipinski definition) is 0. The van der Waals surface area contributed by atoms with Gasteiger partial charge in [-0.2, -0.15) is 0 Å². The molecule has 0 saturated heterocycles. The van der Waals surface area contributed by atoms with Crippen LogP contribution in [0.3, 0.4) is 0 Å². The number of ketones is 1. The van der Waals surface area contributed by atoms with Gasteiger partial charge < -0.3 is 0 Å². The summed E-state index contributed by atoms with van der Waals surface area (Å²) in [6, 6.07) is 19.4. The minimum Gasteiger partial charge on any atom is -0.289 e. The molecule has 0 bridgehead atoms. The van der Waals surface area contributed by atoms with E-state index in [0.29, 0.717) is 0 Å². The van der Waals surface area contributed by atoms with E-state index in [-0.39, 0.29) is 5.78 Å². The summed E-state index contributed by atoms with van der Waals surface area (Å²) in [5.74, 6) is 0.0638. The molecule has 2 heteroatoms. The Morgan fingerprint density at radius 3 is 2.62 bits per heavy atom. The van der Waals surface area contributed by atoms with Crippen LogP contribution in [0.5, 0.6) is 0 Å². The van der Waals surface area contributed by atoms with Crippen LogP contribution in [0.2, 0.25) is 0 Å². The third-order valence-electron chi connectivity index (χ3n) is 3.93. The molecule has 0 fully saturated rings. The zero-order valence-corrected chi connectivity index (χ0v) is 11.4. The molecule has 0 radical (unpaired) electrons. The van der Waals surface area contributed by atoms with E-state index in [4.69, 9.17) is 0 Å². The SMILES string of the molecule is O=C(c1ccccc1)c1ccc2c3c(cccc13)N=CC2. The third kappa shape index (κ3) is 1.88. The van der Waals surface area contributed by atoms with Crippen LogP contribution in [0.25, 0.3) is 10.8 Å². The Bertz CT molecular complexity index is 879. The maximum atomic E-state index is 12.8. The lowest BCUT2D eigenvalue weighted by Crippen LogP contribution is -2.04. The van der Waals surface area contributed by atoms with E-state index in [1.165, 1.54) is 5.56 Å². The zero-order valence-electron chi connectivity index (χ0n) is 11.4. The fourth-order valence-corrected chi connectivity index (χ4v) is 2.92. The van der Waals surface area contributed by atoms with Crippen LogP contribution >= 0.6 is 0 Å². The molecule has 0 N–H and O–H groups in total. The first kappa shape index (κ1) is 12.0. The van der Waals surface area contributed by atoms with Gasteiger partial charge in [0.15, 0.2) is 5.78 Å². The normalized spacial score (nSPS) is 12.6. The maximum absolute atomic E-state index is 12.8. The molecule has 21 heavy (non-hydrogen) atoms. The molecule has 1 aliphatic heterocycles. The van der Waals surface area contributed by atoms with Gasteiger partial charge >= 0.3 is 0 Å². The van der Waals surface area contributed by atoms with Crippen LogP contribution in [0.15, 0.2) is 65.7 Å². The lowest BCUT2D eigenvalue weighted by molar-refractivity contribution is 0.104. The molecule has 0 saturated carbocycles. The predicted molar refractivity (Wildman–Crippen MR) is 85.7 cm³/mol. The molecule has 2 nitrogen and oxygen atoms in total.